The van der Waals surface area contributed by atoms with Crippen LogP contribution in [0, 0.1) is 12.3 Å². The molecular formula is C27H43N3O3. The number of piperidine rings is 1. The van der Waals surface area contributed by atoms with E-state index in [9.17, 15) is 4.79 Å². The van der Waals surface area contributed by atoms with E-state index in [1.807, 2.05) is 47.7 Å². The number of nitrogens with one attached hydrogen (secondary N) is 1. The Hall–Kier alpha value is -1.92. The molecule has 184 valence electrons. The van der Waals surface area contributed by atoms with Gasteiger partial charge in [0.2, 0.25) is 0 Å². The molecule has 0 radical (unpaired) electrons. The van der Waals surface area contributed by atoms with Crippen molar-refractivity contribution in [1.82, 2.24) is 10.3 Å². The van der Waals surface area contributed by atoms with Gasteiger partial charge in [0.25, 0.3) is 0 Å². The molecule has 3 rings (SSSR count). The van der Waals surface area contributed by atoms with Gasteiger partial charge in [-0.25, -0.2) is 4.79 Å². The maximum atomic E-state index is 13.4. The predicted octanol–water partition coefficient (Wildman–Crippen LogP) is 5.20. The number of carbonyl (C=O) groups is 1. The van der Waals surface area contributed by atoms with Gasteiger partial charge < -0.3 is 19.7 Å². The molecule has 1 atom stereocenters. The van der Waals surface area contributed by atoms with Gasteiger partial charge in [-0.1, -0.05) is 19.9 Å². The SMILES string of the molecule is Cc1ncc(C2=CCNCC2)c(N2CCC(C)(C)CC2)c1[C@H](OC(C)(C)C)C(=O)OC(C)C. The highest BCUT2D eigenvalue weighted by atomic mass is 16.6. The highest BCUT2D eigenvalue weighted by Crippen LogP contribution is 2.43. The Morgan fingerprint density at radius 3 is 2.42 bits per heavy atom. The fraction of sp³-hybridized carbons (Fsp3) is 0.704. The molecule has 1 saturated heterocycles. The molecule has 2 aliphatic heterocycles. The quantitative estimate of drug-likeness (QED) is 0.592. The molecule has 1 N–H and O–H groups in total. The van der Waals surface area contributed by atoms with Crippen LogP contribution < -0.4 is 10.2 Å². The number of pyridine rings is 1. The highest BCUT2D eigenvalue weighted by Gasteiger charge is 2.37. The molecular weight excluding hydrogens is 414 g/mol. The fourth-order valence-corrected chi connectivity index (χ4v) is 4.57. The van der Waals surface area contributed by atoms with E-state index in [2.05, 4.69) is 30.1 Å². The summed E-state index contributed by atoms with van der Waals surface area (Å²) in [4.78, 5) is 20.6. The fourth-order valence-electron chi connectivity index (χ4n) is 4.57. The number of esters is 1. The van der Waals surface area contributed by atoms with Gasteiger partial charge in [-0.05, 0) is 78.3 Å². The average molecular weight is 458 g/mol. The Morgan fingerprint density at radius 1 is 1.21 bits per heavy atom. The second kappa shape index (κ2) is 10.1. The number of hydrogen-bond donors (Lipinski definition) is 1. The Labute approximate surface area is 200 Å². The lowest BCUT2D eigenvalue weighted by Crippen LogP contribution is -2.40. The number of hydrogen-bond acceptors (Lipinski definition) is 6. The molecule has 3 heterocycles. The van der Waals surface area contributed by atoms with Gasteiger partial charge in [-0.2, -0.15) is 0 Å². The summed E-state index contributed by atoms with van der Waals surface area (Å²) in [6.07, 6.45) is 6.36. The van der Waals surface area contributed by atoms with Crippen LogP contribution in [-0.4, -0.2) is 48.8 Å². The topological polar surface area (TPSA) is 63.7 Å². The standard InChI is InChI=1S/C27H43N3O3/c1-18(2)32-25(31)24(33-26(4,5)6)22-19(3)29-17-21(20-9-13-28-14-10-20)23(22)30-15-11-27(7,8)12-16-30/h9,17-18,24,28H,10-16H2,1-8H3/t24-/m0/s1. The summed E-state index contributed by atoms with van der Waals surface area (Å²) in [5.74, 6) is -0.347. The molecule has 6 heteroatoms. The number of nitrogens with zero attached hydrogens (tertiary/aromatic N) is 2. The van der Waals surface area contributed by atoms with E-state index < -0.39 is 11.7 Å². The molecule has 0 aliphatic carbocycles. The van der Waals surface area contributed by atoms with E-state index in [4.69, 9.17) is 14.5 Å². The van der Waals surface area contributed by atoms with Crippen molar-refractivity contribution in [3.8, 4) is 0 Å². The molecule has 6 nitrogen and oxygen atoms in total. The van der Waals surface area contributed by atoms with E-state index in [1.54, 1.807) is 0 Å². The maximum absolute atomic E-state index is 13.4. The minimum Gasteiger partial charge on any atom is -0.461 e. The zero-order chi connectivity index (χ0) is 24.4. The lowest BCUT2D eigenvalue weighted by molar-refractivity contribution is -0.171. The first-order chi connectivity index (χ1) is 15.4. The van der Waals surface area contributed by atoms with Crippen molar-refractivity contribution in [2.24, 2.45) is 5.41 Å². The van der Waals surface area contributed by atoms with Crippen LogP contribution in [-0.2, 0) is 14.3 Å². The number of rotatable bonds is 6. The third-order valence-electron chi connectivity index (χ3n) is 6.43. The van der Waals surface area contributed by atoms with Gasteiger partial charge in [-0.15, -0.1) is 0 Å². The summed E-state index contributed by atoms with van der Waals surface area (Å²) in [7, 11) is 0. The molecule has 33 heavy (non-hydrogen) atoms. The summed E-state index contributed by atoms with van der Waals surface area (Å²) < 4.78 is 12.1. The van der Waals surface area contributed by atoms with E-state index in [0.29, 0.717) is 5.41 Å². The van der Waals surface area contributed by atoms with Gasteiger partial charge >= 0.3 is 5.97 Å². The van der Waals surface area contributed by atoms with Crippen molar-refractivity contribution in [2.75, 3.05) is 31.1 Å². The van der Waals surface area contributed by atoms with E-state index in [1.165, 1.54) is 5.57 Å². The van der Waals surface area contributed by atoms with Crippen molar-refractivity contribution in [1.29, 1.82) is 0 Å². The zero-order valence-electron chi connectivity index (χ0n) is 21.9. The largest absolute Gasteiger partial charge is 0.461 e. The molecule has 1 fully saturated rings. The molecule has 0 aromatic carbocycles. The van der Waals surface area contributed by atoms with E-state index >= 15 is 0 Å². The van der Waals surface area contributed by atoms with Gasteiger partial charge in [0.05, 0.1) is 17.4 Å². The number of anilines is 1. The van der Waals surface area contributed by atoms with Crippen LogP contribution in [0.25, 0.3) is 5.57 Å². The summed E-state index contributed by atoms with van der Waals surface area (Å²) >= 11 is 0. The second-order valence-corrected chi connectivity index (χ2v) is 11.5. The second-order valence-electron chi connectivity index (χ2n) is 11.5. The molecule has 1 aromatic rings. The van der Waals surface area contributed by atoms with Gasteiger partial charge in [0, 0.05) is 42.7 Å². The first-order valence-corrected chi connectivity index (χ1v) is 12.4. The smallest absolute Gasteiger partial charge is 0.340 e. The number of aryl methyl sites for hydroxylation is 1. The Bertz CT molecular complexity index is 873. The molecule has 2 aliphatic rings. The first kappa shape index (κ1) is 25.7. The zero-order valence-corrected chi connectivity index (χ0v) is 21.9. The van der Waals surface area contributed by atoms with Crippen LogP contribution in [0.1, 0.15) is 90.7 Å². The Balaban J connectivity index is 2.18. The van der Waals surface area contributed by atoms with Crippen LogP contribution in [0.3, 0.4) is 0 Å². The number of aromatic nitrogens is 1. The first-order valence-electron chi connectivity index (χ1n) is 12.4. The van der Waals surface area contributed by atoms with Crippen LogP contribution in [0.2, 0.25) is 0 Å². The Kier molecular flexibility index (Phi) is 7.90. The van der Waals surface area contributed by atoms with Crippen molar-refractivity contribution in [2.45, 2.75) is 92.5 Å². The minimum absolute atomic E-state index is 0.216. The predicted molar refractivity (Wildman–Crippen MR) is 134 cm³/mol. The average Bonchev–Trinajstić information content (AvgIpc) is 2.71. The van der Waals surface area contributed by atoms with Crippen molar-refractivity contribution >= 4 is 17.2 Å². The van der Waals surface area contributed by atoms with E-state index in [0.717, 1.165) is 67.9 Å². The van der Waals surface area contributed by atoms with Crippen molar-refractivity contribution in [3.05, 3.63) is 29.1 Å². The lowest BCUT2D eigenvalue weighted by Gasteiger charge is -2.41. The van der Waals surface area contributed by atoms with Crippen LogP contribution in [0.4, 0.5) is 5.69 Å². The third-order valence-corrected chi connectivity index (χ3v) is 6.43. The van der Waals surface area contributed by atoms with Crippen molar-refractivity contribution < 1.29 is 14.3 Å². The molecule has 1 aromatic heterocycles. The van der Waals surface area contributed by atoms with Gasteiger partial charge in [0.1, 0.15) is 0 Å². The summed E-state index contributed by atoms with van der Waals surface area (Å²) in [5.41, 5.74) is 4.99. The molecule has 0 bridgehead atoms. The molecule has 0 unspecified atom stereocenters. The van der Waals surface area contributed by atoms with Crippen molar-refractivity contribution in [3.63, 3.8) is 0 Å². The Morgan fingerprint density at radius 2 is 1.88 bits per heavy atom. The monoisotopic (exact) mass is 457 g/mol. The highest BCUT2D eigenvalue weighted by molar-refractivity contribution is 5.85. The van der Waals surface area contributed by atoms with Crippen LogP contribution in [0.5, 0.6) is 0 Å². The van der Waals surface area contributed by atoms with Crippen LogP contribution in [0.15, 0.2) is 12.3 Å². The van der Waals surface area contributed by atoms with Gasteiger partial charge in [0.15, 0.2) is 6.10 Å². The van der Waals surface area contributed by atoms with Gasteiger partial charge in [-0.3, -0.25) is 4.98 Å². The summed E-state index contributed by atoms with van der Waals surface area (Å²) in [6, 6.07) is 0. The minimum atomic E-state index is -0.827. The summed E-state index contributed by atoms with van der Waals surface area (Å²) in [6.45, 7) is 20.0. The molecule has 0 spiro atoms. The third kappa shape index (κ3) is 6.57. The number of ether oxygens (including phenoxy) is 2. The maximum Gasteiger partial charge on any atom is 0.340 e. The molecule has 0 saturated carbocycles. The normalized spacial score (nSPS) is 19.9. The lowest BCUT2D eigenvalue weighted by atomic mass is 9.82. The van der Waals surface area contributed by atoms with Crippen LogP contribution >= 0.6 is 0 Å². The number of carbonyl (C=O) groups excluding carboxylic acids is 1. The summed E-state index contributed by atoms with van der Waals surface area (Å²) in [5, 5.41) is 3.40. The van der Waals surface area contributed by atoms with E-state index in [-0.39, 0.29) is 12.1 Å². The molecule has 0 amide bonds.